The van der Waals surface area contributed by atoms with Crippen LogP contribution in [0.5, 0.6) is 0 Å². The third-order valence-electron chi connectivity index (χ3n) is 5.19. The van der Waals surface area contributed by atoms with E-state index in [1.165, 1.54) is 11.1 Å². The summed E-state index contributed by atoms with van der Waals surface area (Å²) in [4.78, 5) is 27.3. The van der Waals surface area contributed by atoms with E-state index < -0.39 is 0 Å². The number of amides is 2. The Morgan fingerprint density at radius 3 is 2.66 bits per heavy atom. The number of hydrogen-bond acceptors (Lipinski definition) is 4. The van der Waals surface area contributed by atoms with Gasteiger partial charge in [0.1, 0.15) is 5.76 Å². The minimum atomic E-state index is -0.208. The van der Waals surface area contributed by atoms with Crippen molar-refractivity contribution in [2.45, 2.75) is 33.2 Å². The van der Waals surface area contributed by atoms with Crippen LogP contribution in [0.3, 0.4) is 0 Å². The van der Waals surface area contributed by atoms with Crippen molar-refractivity contribution in [2.75, 3.05) is 11.9 Å². The van der Waals surface area contributed by atoms with Crippen LogP contribution in [0.4, 0.5) is 5.69 Å². The van der Waals surface area contributed by atoms with Crippen LogP contribution in [0, 0.1) is 13.8 Å². The van der Waals surface area contributed by atoms with E-state index in [-0.39, 0.29) is 18.2 Å². The van der Waals surface area contributed by atoms with Crippen LogP contribution in [-0.4, -0.2) is 28.4 Å². The Morgan fingerprint density at radius 1 is 1.10 bits per heavy atom. The molecule has 2 aromatic carbocycles. The van der Waals surface area contributed by atoms with E-state index in [1.807, 2.05) is 43.0 Å². The molecule has 6 nitrogen and oxygen atoms in total. The lowest BCUT2D eigenvalue weighted by atomic mass is 9.99. The summed E-state index contributed by atoms with van der Waals surface area (Å²) >= 11 is 0. The summed E-state index contributed by atoms with van der Waals surface area (Å²) in [7, 11) is 0. The first-order valence-electron chi connectivity index (χ1n) is 9.68. The molecule has 0 saturated heterocycles. The molecule has 0 atom stereocenters. The maximum Gasteiger partial charge on any atom is 0.254 e. The smallest absolute Gasteiger partial charge is 0.254 e. The molecule has 0 unspecified atom stereocenters. The van der Waals surface area contributed by atoms with Crippen LogP contribution in [0.1, 0.15) is 38.5 Å². The highest BCUT2D eigenvalue weighted by atomic mass is 16.5. The van der Waals surface area contributed by atoms with Crippen molar-refractivity contribution in [3.05, 3.63) is 82.2 Å². The Hall–Kier alpha value is -3.41. The molecule has 1 N–H and O–H groups in total. The van der Waals surface area contributed by atoms with Gasteiger partial charge >= 0.3 is 0 Å². The minimum absolute atomic E-state index is 0.0270. The van der Waals surface area contributed by atoms with Gasteiger partial charge in [-0.2, -0.15) is 0 Å². The number of carbonyl (C=O) groups excluding carboxylic acids is 2. The highest BCUT2D eigenvalue weighted by Gasteiger charge is 2.22. The van der Waals surface area contributed by atoms with Gasteiger partial charge in [0.2, 0.25) is 5.91 Å². The molecule has 6 heteroatoms. The lowest BCUT2D eigenvalue weighted by Gasteiger charge is -2.29. The molecule has 0 bridgehead atoms. The van der Waals surface area contributed by atoms with E-state index in [1.54, 1.807) is 12.1 Å². The van der Waals surface area contributed by atoms with Gasteiger partial charge in [-0.05, 0) is 49.1 Å². The third-order valence-corrected chi connectivity index (χ3v) is 5.19. The molecular weight excluding hydrogens is 366 g/mol. The van der Waals surface area contributed by atoms with Gasteiger partial charge in [0, 0.05) is 30.4 Å². The molecular formula is C23H23N3O3. The number of benzene rings is 2. The van der Waals surface area contributed by atoms with Crippen molar-refractivity contribution in [1.29, 1.82) is 0 Å². The predicted molar refractivity (Wildman–Crippen MR) is 110 cm³/mol. The lowest BCUT2D eigenvalue weighted by Crippen LogP contribution is -2.36. The zero-order valence-electron chi connectivity index (χ0n) is 16.6. The number of nitrogens with zero attached hydrogens (tertiary/aromatic N) is 2. The van der Waals surface area contributed by atoms with Crippen molar-refractivity contribution in [2.24, 2.45) is 0 Å². The normalized spacial score (nSPS) is 13.1. The van der Waals surface area contributed by atoms with Gasteiger partial charge in [-0.25, -0.2) is 0 Å². The number of fused-ring (bicyclic) bond motifs is 1. The summed E-state index contributed by atoms with van der Waals surface area (Å²) in [5, 5.41) is 6.68. The molecule has 2 heterocycles. The SMILES string of the molecule is Cc1cc(CC(=O)Nc2cc(C(=O)N3CCc4ccccc4C3)ccc2C)on1. The highest BCUT2D eigenvalue weighted by molar-refractivity contribution is 5.98. The fraction of sp³-hybridized carbons (Fsp3) is 0.261. The molecule has 2 amide bonds. The van der Waals surface area contributed by atoms with E-state index >= 15 is 0 Å². The fourth-order valence-corrected chi connectivity index (χ4v) is 3.59. The van der Waals surface area contributed by atoms with Gasteiger partial charge in [0.05, 0.1) is 12.1 Å². The Bertz CT molecular complexity index is 1070. The zero-order chi connectivity index (χ0) is 20.4. The van der Waals surface area contributed by atoms with E-state index in [0.29, 0.717) is 30.1 Å². The van der Waals surface area contributed by atoms with Gasteiger partial charge in [-0.3, -0.25) is 9.59 Å². The largest absolute Gasteiger partial charge is 0.361 e. The van der Waals surface area contributed by atoms with Crippen molar-refractivity contribution in [3.8, 4) is 0 Å². The van der Waals surface area contributed by atoms with Crippen molar-refractivity contribution < 1.29 is 14.1 Å². The number of nitrogens with one attached hydrogen (secondary N) is 1. The van der Waals surface area contributed by atoms with Gasteiger partial charge in [0.15, 0.2) is 0 Å². The Kier molecular flexibility index (Phi) is 5.16. The second kappa shape index (κ2) is 7.91. The Morgan fingerprint density at radius 2 is 1.90 bits per heavy atom. The average Bonchev–Trinajstić information content (AvgIpc) is 3.13. The maximum absolute atomic E-state index is 13.0. The monoisotopic (exact) mass is 389 g/mol. The highest BCUT2D eigenvalue weighted by Crippen LogP contribution is 2.23. The summed E-state index contributed by atoms with van der Waals surface area (Å²) in [6.07, 6.45) is 0.954. The number of anilines is 1. The van der Waals surface area contributed by atoms with Crippen LogP contribution in [0.2, 0.25) is 0 Å². The van der Waals surface area contributed by atoms with Crippen LogP contribution in [0.25, 0.3) is 0 Å². The second-order valence-electron chi connectivity index (χ2n) is 7.43. The number of aryl methyl sites for hydroxylation is 2. The summed E-state index contributed by atoms with van der Waals surface area (Å²) < 4.78 is 5.10. The quantitative estimate of drug-likeness (QED) is 0.739. The topological polar surface area (TPSA) is 75.4 Å². The molecule has 1 aliphatic heterocycles. The van der Waals surface area contributed by atoms with Gasteiger partial charge in [0.25, 0.3) is 5.91 Å². The minimum Gasteiger partial charge on any atom is -0.361 e. The summed E-state index contributed by atoms with van der Waals surface area (Å²) in [6.45, 7) is 5.01. The molecule has 148 valence electrons. The fourth-order valence-electron chi connectivity index (χ4n) is 3.59. The van der Waals surface area contributed by atoms with Crippen molar-refractivity contribution in [3.63, 3.8) is 0 Å². The maximum atomic E-state index is 13.0. The number of rotatable bonds is 4. The molecule has 0 saturated carbocycles. The van der Waals surface area contributed by atoms with Gasteiger partial charge in [-0.15, -0.1) is 0 Å². The molecule has 1 aromatic heterocycles. The lowest BCUT2D eigenvalue weighted by molar-refractivity contribution is -0.115. The van der Waals surface area contributed by atoms with Crippen LogP contribution in [-0.2, 0) is 24.2 Å². The summed E-state index contributed by atoms with van der Waals surface area (Å²) in [5.74, 6) is 0.276. The van der Waals surface area contributed by atoms with Gasteiger partial charge < -0.3 is 14.7 Å². The van der Waals surface area contributed by atoms with E-state index in [4.69, 9.17) is 4.52 Å². The first-order valence-corrected chi connectivity index (χ1v) is 9.68. The Balaban J connectivity index is 1.48. The molecule has 0 spiro atoms. The van der Waals surface area contributed by atoms with Crippen LogP contribution in [0.15, 0.2) is 53.1 Å². The van der Waals surface area contributed by atoms with Gasteiger partial charge in [-0.1, -0.05) is 35.5 Å². The number of aromatic nitrogens is 1. The van der Waals surface area contributed by atoms with E-state index in [0.717, 1.165) is 17.7 Å². The molecule has 29 heavy (non-hydrogen) atoms. The first kappa shape index (κ1) is 18.9. The van der Waals surface area contributed by atoms with Crippen molar-refractivity contribution >= 4 is 17.5 Å². The molecule has 0 aliphatic carbocycles. The number of carbonyl (C=O) groups is 2. The number of hydrogen-bond donors (Lipinski definition) is 1. The van der Waals surface area contributed by atoms with E-state index in [9.17, 15) is 9.59 Å². The zero-order valence-corrected chi connectivity index (χ0v) is 16.6. The Labute approximate surface area is 169 Å². The summed E-state index contributed by atoms with van der Waals surface area (Å²) in [6, 6.07) is 15.4. The molecule has 0 fully saturated rings. The van der Waals surface area contributed by atoms with Crippen LogP contribution >= 0.6 is 0 Å². The molecule has 0 radical (unpaired) electrons. The molecule has 3 aromatic rings. The second-order valence-corrected chi connectivity index (χ2v) is 7.43. The van der Waals surface area contributed by atoms with Crippen molar-refractivity contribution in [1.82, 2.24) is 10.1 Å². The average molecular weight is 389 g/mol. The first-order chi connectivity index (χ1) is 14.0. The molecule has 1 aliphatic rings. The third kappa shape index (κ3) is 4.21. The molecule has 4 rings (SSSR count). The predicted octanol–water partition coefficient (Wildman–Crippen LogP) is 3.67. The van der Waals surface area contributed by atoms with E-state index in [2.05, 4.69) is 22.6 Å². The summed E-state index contributed by atoms with van der Waals surface area (Å²) in [5.41, 5.74) is 5.33. The van der Waals surface area contributed by atoms with Crippen LogP contribution < -0.4 is 5.32 Å². The standard InChI is InChI=1S/C23H23N3O3/c1-15-7-8-18(12-21(15)24-22(27)13-20-11-16(2)25-29-20)23(28)26-10-9-17-5-3-4-6-19(17)14-26/h3-8,11-12H,9-10,13-14H2,1-2H3,(H,24,27).